The molecule has 3 heterocycles. The van der Waals surface area contributed by atoms with Crippen LogP contribution in [-0.4, -0.2) is 44.6 Å². The number of alkyl halides is 6. The molecule has 0 aliphatic heterocycles. The Hall–Kier alpha value is -5.48. The fraction of sp³-hybridized carbons (Fsp3) is 0.176. The summed E-state index contributed by atoms with van der Waals surface area (Å²) in [4.78, 5) is 38.6. The molecule has 0 aliphatic carbocycles. The number of carbonyl (C=O) groups is 2. The Bertz CT molecular complexity index is 1860. The van der Waals surface area contributed by atoms with Crippen molar-refractivity contribution in [3.05, 3.63) is 132 Å². The fourth-order valence-electron chi connectivity index (χ4n) is 3.80. The van der Waals surface area contributed by atoms with Gasteiger partial charge in [0.15, 0.2) is 0 Å². The lowest BCUT2D eigenvalue weighted by atomic mass is 10.0. The zero-order valence-electron chi connectivity index (χ0n) is 26.4. The van der Waals surface area contributed by atoms with E-state index in [1.165, 1.54) is 36.8 Å². The quantitative estimate of drug-likeness (QED) is 0.0797. The molecular weight excluding hydrogens is 676 g/mol. The van der Waals surface area contributed by atoms with Gasteiger partial charge >= 0.3 is 12.4 Å². The predicted molar refractivity (Wildman–Crippen MR) is 169 cm³/mol. The minimum absolute atomic E-state index is 0.240. The molecule has 0 saturated carbocycles. The first-order valence-corrected chi connectivity index (χ1v) is 14.5. The molecule has 0 saturated heterocycles. The van der Waals surface area contributed by atoms with Gasteiger partial charge in [-0.25, -0.2) is 9.97 Å². The molecular formula is C34H30F8N6O2. The number of halogens is 8. The van der Waals surface area contributed by atoms with Crippen molar-refractivity contribution in [1.82, 2.24) is 19.9 Å². The third-order valence-electron chi connectivity index (χ3n) is 5.98. The van der Waals surface area contributed by atoms with Crippen LogP contribution < -0.4 is 11.5 Å². The zero-order valence-corrected chi connectivity index (χ0v) is 26.4. The molecule has 0 unspecified atom stereocenters. The van der Waals surface area contributed by atoms with Crippen LogP contribution in [0.4, 0.5) is 35.1 Å². The number of hydrogen-bond donors (Lipinski definition) is 2. The summed E-state index contributed by atoms with van der Waals surface area (Å²) in [5.41, 5.74) is 8.46. The Morgan fingerprint density at radius 1 is 0.560 bits per heavy atom. The van der Waals surface area contributed by atoms with Gasteiger partial charge in [-0.05, 0) is 36.4 Å². The smallest absolute Gasteiger partial charge is 0.329 e. The van der Waals surface area contributed by atoms with Gasteiger partial charge in [0.1, 0.15) is 0 Å². The largest absolute Gasteiger partial charge is 0.416 e. The van der Waals surface area contributed by atoms with E-state index in [4.69, 9.17) is 11.5 Å². The zero-order chi connectivity index (χ0) is 37.5. The summed E-state index contributed by atoms with van der Waals surface area (Å²) in [6.45, 7) is 5.19. The van der Waals surface area contributed by atoms with Crippen LogP contribution in [0.1, 0.15) is 45.7 Å². The predicted octanol–water partition coefficient (Wildman–Crippen LogP) is 7.60. The van der Waals surface area contributed by atoms with E-state index in [0.717, 1.165) is 54.7 Å². The molecule has 16 heteroatoms. The van der Waals surface area contributed by atoms with Crippen molar-refractivity contribution in [1.29, 1.82) is 0 Å². The summed E-state index contributed by atoms with van der Waals surface area (Å²) in [5, 5.41) is 0. The Labute approximate surface area is 281 Å². The summed E-state index contributed by atoms with van der Waals surface area (Å²) >= 11 is 0. The maximum Gasteiger partial charge on any atom is 0.416 e. The van der Waals surface area contributed by atoms with Crippen molar-refractivity contribution in [2.75, 3.05) is 13.1 Å². The highest BCUT2D eigenvalue weighted by molar-refractivity contribution is 6.49. The van der Waals surface area contributed by atoms with E-state index in [2.05, 4.69) is 19.9 Å². The number of nitrogens with two attached hydrogens (primary N) is 2. The minimum Gasteiger partial charge on any atom is -0.329 e. The highest BCUT2D eigenvalue weighted by Gasteiger charge is 2.32. The molecule has 0 aliphatic rings. The summed E-state index contributed by atoms with van der Waals surface area (Å²) < 4.78 is 102. The molecule has 264 valence electrons. The lowest BCUT2D eigenvalue weighted by Crippen LogP contribution is -2.16. The second-order valence-electron chi connectivity index (χ2n) is 9.38. The molecule has 3 aromatic heterocycles. The highest BCUT2D eigenvalue weighted by atomic mass is 19.4. The number of hydrogen-bond acceptors (Lipinski definition) is 8. The number of nitrogens with zero attached hydrogens (tertiary/aromatic N) is 4. The van der Waals surface area contributed by atoms with Gasteiger partial charge in [0, 0.05) is 72.3 Å². The van der Waals surface area contributed by atoms with E-state index in [-0.39, 0.29) is 22.5 Å². The van der Waals surface area contributed by atoms with Gasteiger partial charge in [-0.3, -0.25) is 19.6 Å². The van der Waals surface area contributed by atoms with Crippen LogP contribution in [0.2, 0.25) is 0 Å². The molecule has 0 radical (unpaired) electrons. The molecule has 4 N–H and O–H groups in total. The number of benzene rings is 2. The number of Topliss-reactive ketones (excluding diaryl/α,β-unsaturated/α-hetero) is 2. The lowest BCUT2D eigenvalue weighted by molar-refractivity contribution is -0.138. The van der Waals surface area contributed by atoms with Gasteiger partial charge in [0.05, 0.1) is 22.5 Å². The van der Waals surface area contributed by atoms with E-state index < -0.39 is 52.5 Å². The summed E-state index contributed by atoms with van der Waals surface area (Å²) in [7, 11) is 0. The molecule has 0 fully saturated rings. The highest BCUT2D eigenvalue weighted by Crippen LogP contribution is 2.34. The molecule has 2 aromatic carbocycles. The van der Waals surface area contributed by atoms with Gasteiger partial charge < -0.3 is 11.5 Å². The Balaban J connectivity index is 0.000000301. The van der Waals surface area contributed by atoms with Gasteiger partial charge in [-0.15, -0.1) is 0 Å². The molecule has 5 rings (SSSR count). The van der Waals surface area contributed by atoms with Crippen LogP contribution in [0.5, 0.6) is 0 Å². The van der Waals surface area contributed by atoms with Crippen molar-refractivity contribution in [3.8, 4) is 22.5 Å². The molecule has 0 bridgehead atoms. The average molecular weight is 707 g/mol. The van der Waals surface area contributed by atoms with E-state index in [0.29, 0.717) is 24.7 Å². The van der Waals surface area contributed by atoms with Crippen molar-refractivity contribution in [2.24, 2.45) is 11.5 Å². The van der Waals surface area contributed by atoms with E-state index in [1.807, 2.05) is 13.8 Å². The SMILES string of the molecule is CC.Fc1cc(-c2nccnc2-c2cccc(C(F)(F)F)c2)ccn1.NCCN.O=C(C(=O)c1ccnc(F)c1)c1cccc(C(F)(F)F)c1. The van der Waals surface area contributed by atoms with Gasteiger partial charge in [-0.2, -0.15) is 35.1 Å². The number of carbonyl (C=O) groups excluding carboxylic acids is 2. The van der Waals surface area contributed by atoms with Gasteiger partial charge in [0.2, 0.25) is 23.5 Å². The van der Waals surface area contributed by atoms with Crippen LogP contribution in [0.25, 0.3) is 22.5 Å². The maximum atomic E-state index is 13.3. The first-order chi connectivity index (χ1) is 23.6. The van der Waals surface area contributed by atoms with Crippen LogP contribution in [-0.2, 0) is 12.4 Å². The number of pyridine rings is 2. The average Bonchev–Trinajstić information content (AvgIpc) is 3.11. The first kappa shape index (κ1) is 40.7. The lowest BCUT2D eigenvalue weighted by Gasteiger charge is -2.11. The van der Waals surface area contributed by atoms with Gasteiger partial charge in [0.25, 0.3) is 0 Å². The van der Waals surface area contributed by atoms with Gasteiger partial charge in [-0.1, -0.05) is 38.1 Å². The van der Waals surface area contributed by atoms with Crippen LogP contribution in [0.3, 0.4) is 0 Å². The van der Waals surface area contributed by atoms with E-state index >= 15 is 0 Å². The van der Waals surface area contributed by atoms with Crippen LogP contribution in [0, 0.1) is 11.9 Å². The van der Waals surface area contributed by atoms with Crippen LogP contribution in [0.15, 0.2) is 97.6 Å². The third kappa shape index (κ3) is 11.9. The van der Waals surface area contributed by atoms with E-state index in [9.17, 15) is 44.7 Å². The Morgan fingerprint density at radius 2 is 1.00 bits per heavy atom. The molecule has 0 spiro atoms. The van der Waals surface area contributed by atoms with E-state index in [1.54, 1.807) is 0 Å². The van der Waals surface area contributed by atoms with Crippen molar-refractivity contribution in [3.63, 3.8) is 0 Å². The minimum atomic E-state index is -4.62. The molecule has 0 amide bonds. The Morgan fingerprint density at radius 3 is 1.48 bits per heavy atom. The third-order valence-corrected chi connectivity index (χ3v) is 5.98. The molecule has 50 heavy (non-hydrogen) atoms. The second kappa shape index (κ2) is 18.9. The van der Waals surface area contributed by atoms with Crippen molar-refractivity contribution in [2.45, 2.75) is 26.2 Å². The number of aromatic nitrogens is 4. The molecule has 8 nitrogen and oxygen atoms in total. The molecule has 0 atom stereocenters. The number of rotatable bonds is 6. The second-order valence-corrected chi connectivity index (χ2v) is 9.38. The van der Waals surface area contributed by atoms with Crippen molar-refractivity contribution >= 4 is 11.6 Å². The first-order valence-electron chi connectivity index (χ1n) is 14.5. The molecule has 5 aromatic rings. The Kier molecular flexibility index (Phi) is 15.4. The van der Waals surface area contributed by atoms with Crippen LogP contribution >= 0.6 is 0 Å². The summed E-state index contributed by atoms with van der Waals surface area (Å²) in [6, 6.07) is 12.8. The maximum absolute atomic E-state index is 13.3. The normalized spacial score (nSPS) is 10.7. The fourth-order valence-corrected chi connectivity index (χ4v) is 3.80. The summed E-state index contributed by atoms with van der Waals surface area (Å²) in [6.07, 6.45) is -4.07. The summed E-state index contributed by atoms with van der Waals surface area (Å²) in [5.74, 6) is -3.91. The standard InChI is InChI=1S/C16H9F4N3.C14H7F4NO2.C2H8N2.C2H6/c17-13-9-11(4-5-21-13)15-14(22-6-7-23-15)10-2-1-3-12(8-10)16(18,19)20;15-11-7-9(4-5-19-11)13(21)12(20)8-2-1-3-10(6-8)14(16,17)18;3-1-2-4;1-2/h1-9H;1-7H;1-4H2;1-2H3. The number of ketones is 2. The van der Waals surface area contributed by atoms with Crippen molar-refractivity contribution < 1.29 is 44.7 Å². The topological polar surface area (TPSA) is 138 Å². The monoisotopic (exact) mass is 706 g/mol.